The highest BCUT2D eigenvalue weighted by atomic mass is 19.4. The second kappa shape index (κ2) is 3.86. The van der Waals surface area contributed by atoms with Crippen LogP contribution in [0.3, 0.4) is 0 Å². The normalized spacial score (nSPS) is 13.8. The van der Waals surface area contributed by atoms with Gasteiger partial charge in [0.2, 0.25) is 0 Å². The molecule has 0 N–H and O–H groups in total. The number of hydrogen-bond donors (Lipinski definition) is 0. The van der Waals surface area contributed by atoms with E-state index in [1.54, 1.807) is 6.92 Å². The van der Waals surface area contributed by atoms with Crippen LogP contribution in [0.5, 0.6) is 5.75 Å². The molecule has 0 bridgehead atoms. The largest absolute Gasteiger partial charge is 0.481 e. The summed E-state index contributed by atoms with van der Waals surface area (Å²) in [6.07, 6.45) is -4.73. The van der Waals surface area contributed by atoms with Gasteiger partial charge >= 0.3 is 6.18 Å². The Kier molecular flexibility index (Phi) is 2.98. The third-order valence-electron chi connectivity index (χ3n) is 1.64. The SMILES string of the molecule is Cc1cc(O[C@H](C)C(F)(F)F)ccn1. The monoisotopic (exact) mass is 205 g/mol. The Balaban J connectivity index is 2.70. The minimum Gasteiger partial charge on any atom is -0.481 e. The lowest BCUT2D eigenvalue weighted by Gasteiger charge is -2.17. The maximum atomic E-state index is 12.1. The summed E-state index contributed by atoms with van der Waals surface area (Å²) in [6, 6.07) is 2.86. The van der Waals surface area contributed by atoms with E-state index in [1.807, 2.05) is 0 Å². The van der Waals surface area contributed by atoms with Gasteiger partial charge in [-0.2, -0.15) is 13.2 Å². The van der Waals surface area contributed by atoms with Crippen LogP contribution in [0.4, 0.5) is 13.2 Å². The molecule has 0 saturated carbocycles. The van der Waals surface area contributed by atoms with Gasteiger partial charge in [0.15, 0.2) is 6.10 Å². The number of aromatic nitrogens is 1. The molecule has 1 heterocycles. The Morgan fingerprint density at radius 3 is 2.57 bits per heavy atom. The summed E-state index contributed by atoms with van der Waals surface area (Å²) in [6.45, 7) is 2.65. The molecule has 0 aliphatic rings. The first-order valence-electron chi connectivity index (χ1n) is 4.05. The van der Waals surface area contributed by atoms with Gasteiger partial charge in [-0.05, 0) is 19.9 Å². The standard InChI is InChI=1S/C9H10F3NO/c1-6-5-8(3-4-13-6)14-7(2)9(10,11)12/h3-5,7H,1-2H3/t7-/m1/s1. The molecule has 1 aromatic heterocycles. The first-order chi connectivity index (χ1) is 6.39. The lowest BCUT2D eigenvalue weighted by molar-refractivity contribution is -0.189. The van der Waals surface area contributed by atoms with E-state index in [0.29, 0.717) is 5.69 Å². The Hall–Kier alpha value is -1.26. The maximum Gasteiger partial charge on any atom is 0.425 e. The third-order valence-corrected chi connectivity index (χ3v) is 1.64. The van der Waals surface area contributed by atoms with Crippen LogP contribution in [-0.4, -0.2) is 17.3 Å². The van der Waals surface area contributed by atoms with Crippen LogP contribution < -0.4 is 4.74 Å². The van der Waals surface area contributed by atoms with Gasteiger partial charge in [0.05, 0.1) is 0 Å². The van der Waals surface area contributed by atoms with Crippen LogP contribution >= 0.6 is 0 Å². The van der Waals surface area contributed by atoms with Crippen LogP contribution in [0.25, 0.3) is 0 Å². The number of hydrogen-bond acceptors (Lipinski definition) is 2. The number of ether oxygens (including phenoxy) is 1. The van der Waals surface area contributed by atoms with Crippen molar-refractivity contribution in [3.63, 3.8) is 0 Å². The summed E-state index contributed by atoms with van der Waals surface area (Å²) in [5.74, 6) is 0.183. The summed E-state index contributed by atoms with van der Waals surface area (Å²) in [5.41, 5.74) is 0.622. The van der Waals surface area contributed by atoms with Crippen molar-refractivity contribution in [1.82, 2.24) is 4.98 Å². The number of pyridine rings is 1. The second-order valence-electron chi connectivity index (χ2n) is 2.93. The zero-order valence-electron chi connectivity index (χ0n) is 7.80. The molecule has 2 nitrogen and oxygen atoms in total. The fraction of sp³-hybridized carbons (Fsp3) is 0.444. The molecule has 0 aliphatic heterocycles. The minimum atomic E-state index is -4.34. The average Bonchev–Trinajstić information content (AvgIpc) is 2.02. The van der Waals surface area contributed by atoms with Crippen molar-refractivity contribution in [2.45, 2.75) is 26.1 Å². The molecule has 1 rings (SSSR count). The van der Waals surface area contributed by atoms with Gasteiger partial charge < -0.3 is 4.74 Å². The van der Waals surface area contributed by atoms with E-state index in [2.05, 4.69) is 4.98 Å². The fourth-order valence-electron chi connectivity index (χ4n) is 0.864. The predicted molar refractivity (Wildman–Crippen MR) is 45.1 cm³/mol. The Morgan fingerprint density at radius 1 is 1.43 bits per heavy atom. The lowest BCUT2D eigenvalue weighted by atomic mass is 10.3. The molecule has 0 aromatic carbocycles. The molecule has 0 amide bonds. The van der Waals surface area contributed by atoms with E-state index >= 15 is 0 Å². The van der Waals surface area contributed by atoms with Crippen LogP contribution in [0.1, 0.15) is 12.6 Å². The number of rotatable bonds is 2. The van der Waals surface area contributed by atoms with Gasteiger partial charge in [-0.25, -0.2) is 0 Å². The van der Waals surface area contributed by atoms with Gasteiger partial charge in [-0.15, -0.1) is 0 Å². The molecule has 0 spiro atoms. The molecule has 5 heteroatoms. The minimum absolute atomic E-state index is 0.183. The fourth-order valence-corrected chi connectivity index (χ4v) is 0.864. The highest BCUT2D eigenvalue weighted by molar-refractivity contribution is 5.22. The number of nitrogens with zero attached hydrogens (tertiary/aromatic N) is 1. The maximum absolute atomic E-state index is 12.1. The van der Waals surface area contributed by atoms with E-state index in [0.717, 1.165) is 6.92 Å². The van der Waals surface area contributed by atoms with E-state index in [-0.39, 0.29) is 5.75 Å². The Labute approximate surface area is 79.7 Å². The molecule has 0 fully saturated rings. The zero-order valence-corrected chi connectivity index (χ0v) is 7.80. The van der Waals surface area contributed by atoms with Crippen molar-refractivity contribution in [2.24, 2.45) is 0 Å². The highest BCUT2D eigenvalue weighted by Crippen LogP contribution is 2.24. The third kappa shape index (κ3) is 2.90. The molecule has 0 unspecified atom stereocenters. The molecule has 1 aromatic rings. The summed E-state index contributed by atoms with van der Waals surface area (Å²) >= 11 is 0. The molecule has 78 valence electrons. The Morgan fingerprint density at radius 2 is 2.07 bits per heavy atom. The second-order valence-corrected chi connectivity index (χ2v) is 2.93. The zero-order chi connectivity index (χ0) is 10.8. The van der Waals surface area contributed by atoms with E-state index in [4.69, 9.17) is 4.74 Å². The van der Waals surface area contributed by atoms with Crippen LogP contribution in [0, 0.1) is 6.92 Å². The summed E-state index contributed by atoms with van der Waals surface area (Å²) in [7, 11) is 0. The highest BCUT2D eigenvalue weighted by Gasteiger charge is 2.37. The van der Waals surface area contributed by atoms with Crippen molar-refractivity contribution in [3.05, 3.63) is 24.0 Å². The predicted octanol–water partition coefficient (Wildman–Crippen LogP) is 2.72. The molecule has 0 aliphatic carbocycles. The van der Waals surface area contributed by atoms with Crippen molar-refractivity contribution in [3.8, 4) is 5.75 Å². The molecule has 0 saturated heterocycles. The first-order valence-corrected chi connectivity index (χ1v) is 4.05. The van der Waals surface area contributed by atoms with Crippen LogP contribution in [0.2, 0.25) is 0 Å². The summed E-state index contributed by atoms with van der Waals surface area (Å²) in [4.78, 5) is 3.85. The van der Waals surface area contributed by atoms with E-state index in [9.17, 15) is 13.2 Å². The molecule has 14 heavy (non-hydrogen) atoms. The first kappa shape index (κ1) is 10.8. The van der Waals surface area contributed by atoms with Gasteiger partial charge in [0.1, 0.15) is 5.75 Å². The summed E-state index contributed by atoms with van der Waals surface area (Å²) in [5, 5.41) is 0. The van der Waals surface area contributed by atoms with Gasteiger partial charge in [0, 0.05) is 18.0 Å². The van der Waals surface area contributed by atoms with Gasteiger partial charge in [-0.1, -0.05) is 0 Å². The van der Waals surface area contributed by atoms with Crippen molar-refractivity contribution in [2.75, 3.05) is 0 Å². The van der Waals surface area contributed by atoms with E-state index in [1.165, 1.54) is 18.3 Å². The number of alkyl halides is 3. The molecule has 1 atom stereocenters. The van der Waals surface area contributed by atoms with Crippen molar-refractivity contribution >= 4 is 0 Å². The average molecular weight is 205 g/mol. The topological polar surface area (TPSA) is 22.1 Å². The van der Waals surface area contributed by atoms with Gasteiger partial charge in [0.25, 0.3) is 0 Å². The van der Waals surface area contributed by atoms with Gasteiger partial charge in [-0.3, -0.25) is 4.98 Å². The lowest BCUT2D eigenvalue weighted by Crippen LogP contribution is -2.31. The quantitative estimate of drug-likeness (QED) is 0.740. The smallest absolute Gasteiger partial charge is 0.425 e. The molecular formula is C9H10F3NO. The van der Waals surface area contributed by atoms with Crippen LogP contribution in [-0.2, 0) is 0 Å². The van der Waals surface area contributed by atoms with Crippen LogP contribution in [0.15, 0.2) is 18.3 Å². The number of halogens is 3. The molecular weight excluding hydrogens is 195 g/mol. The van der Waals surface area contributed by atoms with E-state index < -0.39 is 12.3 Å². The summed E-state index contributed by atoms with van der Waals surface area (Å²) < 4.78 is 41.0. The molecule has 0 radical (unpaired) electrons. The van der Waals surface area contributed by atoms with Crippen molar-refractivity contribution < 1.29 is 17.9 Å². The number of aryl methyl sites for hydroxylation is 1. The van der Waals surface area contributed by atoms with Crippen molar-refractivity contribution in [1.29, 1.82) is 0 Å². The Bertz CT molecular complexity index is 311.